The fraction of sp³-hybridized carbons (Fsp3) is 0.263. The molecule has 2 heterocycles. The molecule has 0 radical (unpaired) electrons. The zero-order chi connectivity index (χ0) is 21.5. The topological polar surface area (TPSA) is 78.8 Å². The first-order valence-electron chi connectivity index (χ1n) is 8.92. The Morgan fingerprint density at radius 3 is 2.50 bits per heavy atom. The molecule has 0 aromatic heterocycles. The number of hydrogen-bond acceptors (Lipinski definition) is 6. The monoisotopic (exact) mass is 547 g/mol. The minimum absolute atomic E-state index is 0.000445. The van der Waals surface area contributed by atoms with E-state index in [0.29, 0.717) is 26.6 Å². The molecule has 2 unspecified atom stereocenters. The van der Waals surface area contributed by atoms with E-state index in [4.69, 9.17) is 23.2 Å². The highest BCUT2D eigenvalue weighted by molar-refractivity contribution is 9.10. The van der Waals surface area contributed by atoms with Gasteiger partial charge in [0, 0.05) is 25.9 Å². The van der Waals surface area contributed by atoms with Gasteiger partial charge in [0.1, 0.15) is 0 Å². The van der Waals surface area contributed by atoms with Gasteiger partial charge in [0.15, 0.2) is 15.0 Å². The number of amidine groups is 1. The fourth-order valence-electron chi connectivity index (χ4n) is 3.47. The predicted octanol–water partition coefficient (Wildman–Crippen LogP) is 4.47. The highest BCUT2D eigenvalue weighted by atomic mass is 79.9. The van der Waals surface area contributed by atoms with Gasteiger partial charge in [-0.25, -0.2) is 8.42 Å². The molecule has 2 aliphatic rings. The van der Waals surface area contributed by atoms with Gasteiger partial charge in [-0.05, 0) is 42.5 Å². The second-order valence-electron chi connectivity index (χ2n) is 6.96. The quantitative estimate of drug-likeness (QED) is 0.610. The highest BCUT2D eigenvalue weighted by Gasteiger charge is 2.47. The molecule has 0 saturated carbocycles. The average molecular weight is 549 g/mol. The first kappa shape index (κ1) is 22.0. The third-order valence-electron chi connectivity index (χ3n) is 4.69. The van der Waals surface area contributed by atoms with Gasteiger partial charge in [-0.1, -0.05) is 50.9 Å². The van der Waals surface area contributed by atoms with Crippen molar-refractivity contribution in [3.05, 3.63) is 57.0 Å². The maximum atomic E-state index is 12.4. The molecule has 0 bridgehead atoms. The van der Waals surface area contributed by atoms with Crippen LogP contribution in [0.1, 0.15) is 0 Å². The number of nitrogens with one attached hydrogen (secondary N) is 1. The first-order valence-corrected chi connectivity index (χ1v) is 13.3. The van der Waals surface area contributed by atoms with Crippen LogP contribution in [0, 0.1) is 0 Å². The number of carbonyl (C=O) groups is 1. The molecule has 6 nitrogen and oxygen atoms in total. The van der Waals surface area contributed by atoms with Crippen LogP contribution in [0.4, 0.5) is 11.4 Å². The van der Waals surface area contributed by atoms with Crippen molar-refractivity contribution in [1.29, 1.82) is 0 Å². The zero-order valence-corrected chi connectivity index (χ0v) is 20.1. The fourth-order valence-corrected chi connectivity index (χ4v) is 7.02. The summed E-state index contributed by atoms with van der Waals surface area (Å²) >= 11 is 16.9. The van der Waals surface area contributed by atoms with Crippen molar-refractivity contribution >= 4 is 83.2 Å². The van der Waals surface area contributed by atoms with Gasteiger partial charge in [-0.15, -0.1) is 0 Å². The number of anilines is 2. The molecule has 1 saturated heterocycles. The summed E-state index contributed by atoms with van der Waals surface area (Å²) in [6.07, 6.45) is 0. The van der Waals surface area contributed by atoms with E-state index in [9.17, 15) is 13.2 Å². The maximum absolute atomic E-state index is 12.4. The average Bonchev–Trinajstić information content (AvgIpc) is 3.12. The van der Waals surface area contributed by atoms with Gasteiger partial charge in [-0.3, -0.25) is 9.79 Å². The lowest BCUT2D eigenvalue weighted by molar-refractivity contribution is -0.113. The number of nitrogens with zero attached hydrogens (tertiary/aromatic N) is 2. The predicted molar refractivity (Wildman–Crippen MR) is 128 cm³/mol. The van der Waals surface area contributed by atoms with Gasteiger partial charge < -0.3 is 10.2 Å². The van der Waals surface area contributed by atoms with Crippen molar-refractivity contribution in [2.75, 3.05) is 27.5 Å². The Kier molecular flexibility index (Phi) is 6.37. The minimum Gasteiger partial charge on any atom is -0.325 e. The van der Waals surface area contributed by atoms with Gasteiger partial charge in [-0.2, -0.15) is 0 Å². The summed E-state index contributed by atoms with van der Waals surface area (Å²) in [5.41, 5.74) is 1.36. The van der Waals surface area contributed by atoms with Crippen molar-refractivity contribution in [2.45, 2.75) is 12.1 Å². The number of halogens is 3. The highest BCUT2D eigenvalue weighted by Crippen LogP contribution is 2.37. The van der Waals surface area contributed by atoms with Gasteiger partial charge in [0.25, 0.3) is 0 Å². The van der Waals surface area contributed by atoms with Crippen LogP contribution < -0.4 is 10.2 Å². The van der Waals surface area contributed by atoms with Gasteiger partial charge in [0.2, 0.25) is 5.91 Å². The summed E-state index contributed by atoms with van der Waals surface area (Å²) < 4.78 is 25.2. The number of benzene rings is 2. The second-order valence-corrected chi connectivity index (χ2v) is 11.8. The number of aliphatic imine (C=N–C) groups is 1. The van der Waals surface area contributed by atoms with Crippen LogP contribution in [-0.2, 0) is 14.6 Å². The van der Waals surface area contributed by atoms with E-state index in [1.54, 1.807) is 30.3 Å². The summed E-state index contributed by atoms with van der Waals surface area (Å²) in [5.74, 6) is -0.0528. The minimum atomic E-state index is -3.17. The van der Waals surface area contributed by atoms with E-state index in [2.05, 4.69) is 26.2 Å². The molecule has 2 aromatic carbocycles. The van der Waals surface area contributed by atoms with Crippen LogP contribution in [0.3, 0.4) is 0 Å². The van der Waals surface area contributed by atoms with E-state index in [1.807, 2.05) is 17.0 Å². The number of hydrogen-bond donors (Lipinski definition) is 1. The number of amides is 1. The lowest BCUT2D eigenvalue weighted by Crippen LogP contribution is -2.39. The number of sulfone groups is 1. The molecule has 0 spiro atoms. The zero-order valence-electron chi connectivity index (χ0n) is 15.4. The summed E-state index contributed by atoms with van der Waals surface area (Å²) in [6.45, 7) is 0. The largest absolute Gasteiger partial charge is 0.325 e. The lowest BCUT2D eigenvalue weighted by atomic mass is 10.1. The van der Waals surface area contributed by atoms with Crippen LogP contribution in [0.5, 0.6) is 0 Å². The van der Waals surface area contributed by atoms with Crippen LogP contribution in [0.15, 0.2) is 51.9 Å². The molecule has 0 aliphatic carbocycles. The van der Waals surface area contributed by atoms with E-state index in [0.717, 1.165) is 4.47 Å². The number of rotatable bonds is 4. The van der Waals surface area contributed by atoms with Crippen LogP contribution >= 0.6 is 50.9 Å². The molecular weight excluding hydrogens is 533 g/mol. The Bertz CT molecular complexity index is 1110. The molecule has 4 rings (SSSR count). The normalized spacial score (nSPS) is 22.0. The van der Waals surface area contributed by atoms with Crippen LogP contribution in [0.2, 0.25) is 10.0 Å². The summed E-state index contributed by atoms with van der Waals surface area (Å²) in [5, 5.41) is 4.31. The van der Waals surface area contributed by atoms with Gasteiger partial charge in [0.05, 0.1) is 29.3 Å². The molecule has 1 N–H and O–H groups in total. The molecular formula is C19H16BrCl2N3O3S2. The third-order valence-corrected chi connectivity index (χ3v) is 8.32. The molecule has 2 atom stereocenters. The van der Waals surface area contributed by atoms with Crippen molar-refractivity contribution in [1.82, 2.24) is 0 Å². The Balaban J connectivity index is 1.52. The van der Waals surface area contributed by atoms with Crippen LogP contribution in [-0.4, -0.2) is 48.8 Å². The lowest BCUT2D eigenvalue weighted by Gasteiger charge is -2.26. The smallest absolute Gasteiger partial charge is 0.234 e. The first-order chi connectivity index (χ1) is 14.2. The number of carbonyl (C=O) groups excluding carboxylic acids is 1. The Hall–Kier alpha value is -1.26. The third kappa shape index (κ3) is 4.96. The van der Waals surface area contributed by atoms with Crippen molar-refractivity contribution in [3.63, 3.8) is 0 Å². The standard InChI is InChI=1S/C19H16BrCl2N3O3S2/c20-11-1-3-14(4-2-11)23-18(26)8-29-19-24-16-9-30(27,28)10-17(16)25(19)15-6-12(21)5-13(22)7-15/h1-7,16-17H,8-10H2,(H,23,26). The summed E-state index contributed by atoms with van der Waals surface area (Å²) in [6, 6.07) is 11.6. The van der Waals surface area contributed by atoms with E-state index in [-0.39, 0.29) is 35.2 Å². The van der Waals surface area contributed by atoms with Gasteiger partial charge >= 0.3 is 0 Å². The molecule has 1 amide bonds. The van der Waals surface area contributed by atoms with Crippen molar-refractivity contribution < 1.29 is 13.2 Å². The van der Waals surface area contributed by atoms with E-state index in [1.165, 1.54) is 11.8 Å². The molecule has 30 heavy (non-hydrogen) atoms. The number of fused-ring (bicyclic) bond motifs is 1. The van der Waals surface area contributed by atoms with E-state index >= 15 is 0 Å². The van der Waals surface area contributed by atoms with Crippen molar-refractivity contribution in [3.8, 4) is 0 Å². The molecule has 11 heteroatoms. The molecule has 2 aromatic rings. The molecule has 158 valence electrons. The van der Waals surface area contributed by atoms with Crippen molar-refractivity contribution in [2.24, 2.45) is 4.99 Å². The summed E-state index contributed by atoms with van der Waals surface area (Å²) in [7, 11) is -3.17. The Labute approximate surface area is 197 Å². The van der Waals surface area contributed by atoms with Crippen LogP contribution in [0.25, 0.3) is 0 Å². The Morgan fingerprint density at radius 1 is 1.17 bits per heavy atom. The maximum Gasteiger partial charge on any atom is 0.234 e. The molecule has 2 aliphatic heterocycles. The summed E-state index contributed by atoms with van der Waals surface area (Å²) in [4.78, 5) is 18.8. The Morgan fingerprint density at radius 2 is 1.83 bits per heavy atom. The molecule has 1 fully saturated rings. The second kappa shape index (κ2) is 8.70. The number of thioether (sulfide) groups is 1. The SMILES string of the molecule is O=C(CSC1=NC2CS(=O)(=O)CC2N1c1cc(Cl)cc(Cl)c1)Nc1ccc(Br)cc1. The van der Waals surface area contributed by atoms with E-state index < -0.39 is 9.84 Å².